The summed E-state index contributed by atoms with van der Waals surface area (Å²) in [5, 5.41) is 13.8. The number of aryl methyl sites for hydroxylation is 1. The third kappa shape index (κ3) is 9.45. The first kappa shape index (κ1) is 31.8. The molecule has 4 N–H and O–H groups in total. The maximum atomic E-state index is 12.7. The molecule has 14 heteroatoms. The van der Waals surface area contributed by atoms with Crippen molar-refractivity contribution in [3.63, 3.8) is 0 Å². The third-order valence-electron chi connectivity index (χ3n) is 5.86. The number of hydrogen-bond acceptors (Lipinski definition) is 10. The lowest BCUT2D eigenvalue weighted by molar-refractivity contribution is -0.121. The van der Waals surface area contributed by atoms with E-state index in [-0.39, 0.29) is 41.8 Å². The molecule has 13 nitrogen and oxygen atoms in total. The first-order valence-electron chi connectivity index (χ1n) is 12.8. The van der Waals surface area contributed by atoms with Gasteiger partial charge in [-0.3, -0.25) is 9.59 Å². The van der Waals surface area contributed by atoms with Gasteiger partial charge in [0.05, 0.1) is 31.3 Å². The fraction of sp³-hybridized carbons (Fsp3) is 0.286. The van der Waals surface area contributed by atoms with Crippen LogP contribution >= 0.6 is 0 Å². The first-order chi connectivity index (χ1) is 20.1. The number of rotatable bonds is 14. The number of hydrogen-bond donors (Lipinski definition) is 4. The number of aliphatic hydroxyl groups excluding tert-OH is 1. The van der Waals surface area contributed by atoms with Gasteiger partial charge in [-0.2, -0.15) is 0 Å². The fourth-order valence-electron chi connectivity index (χ4n) is 3.67. The Morgan fingerprint density at radius 3 is 2.21 bits per heavy atom. The Morgan fingerprint density at radius 1 is 0.857 bits per heavy atom. The summed E-state index contributed by atoms with van der Waals surface area (Å²) in [6.07, 6.45) is 1.52. The molecule has 42 heavy (non-hydrogen) atoms. The van der Waals surface area contributed by atoms with Gasteiger partial charge < -0.3 is 30.0 Å². The largest absolute Gasteiger partial charge is 0.493 e. The van der Waals surface area contributed by atoms with Crippen LogP contribution in [0.15, 0.2) is 65.7 Å². The van der Waals surface area contributed by atoms with Gasteiger partial charge in [0.1, 0.15) is 0 Å². The lowest BCUT2D eigenvalue weighted by Gasteiger charge is -2.10. The molecule has 0 bridgehead atoms. The highest BCUT2D eigenvalue weighted by Crippen LogP contribution is 2.28. The molecule has 0 fully saturated rings. The summed E-state index contributed by atoms with van der Waals surface area (Å²) >= 11 is 0. The van der Waals surface area contributed by atoms with E-state index in [1.807, 2.05) is 16.9 Å². The summed E-state index contributed by atoms with van der Waals surface area (Å²) < 4.78 is 42.7. The molecule has 2 aromatic carbocycles. The number of aromatic nitrogens is 1. The van der Waals surface area contributed by atoms with Gasteiger partial charge >= 0.3 is 6.09 Å². The average molecular weight is 601 g/mol. The number of carbonyl (C=O) groups is 3. The average Bonchev–Trinajstić information content (AvgIpc) is 2.99. The molecule has 224 valence electrons. The van der Waals surface area contributed by atoms with Gasteiger partial charge in [-0.15, -0.1) is 0 Å². The van der Waals surface area contributed by atoms with Crippen LogP contribution in [-0.2, 0) is 27.7 Å². The minimum absolute atomic E-state index is 0.00259. The van der Waals surface area contributed by atoms with Crippen LogP contribution in [0.4, 0.5) is 4.79 Å². The van der Waals surface area contributed by atoms with Crippen molar-refractivity contribution >= 4 is 27.9 Å². The summed E-state index contributed by atoms with van der Waals surface area (Å²) in [6, 6.07) is 13.9. The molecule has 0 radical (unpaired) electrons. The van der Waals surface area contributed by atoms with Gasteiger partial charge in [0.2, 0.25) is 11.8 Å². The predicted octanol–water partition coefficient (Wildman–Crippen LogP) is 1.59. The number of benzene rings is 2. The highest BCUT2D eigenvalue weighted by atomic mass is 32.2. The van der Waals surface area contributed by atoms with Crippen molar-refractivity contribution in [2.75, 3.05) is 33.9 Å². The molecular formula is C28H32N4O9S. The normalized spacial score (nSPS) is 10.8. The van der Waals surface area contributed by atoms with Crippen molar-refractivity contribution in [2.24, 2.45) is 0 Å². The molecule has 1 heterocycles. The zero-order chi connectivity index (χ0) is 30.5. The van der Waals surface area contributed by atoms with E-state index in [4.69, 9.17) is 19.3 Å². The highest BCUT2D eigenvalue weighted by Gasteiger charge is 2.19. The van der Waals surface area contributed by atoms with E-state index in [1.165, 1.54) is 24.3 Å². The van der Waals surface area contributed by atoms with Crippen molar-refractivity contribution in [1.82, 2.24) is 20.3 Å². The molecule has 0 spiro atoms. The minimum atomic E-state index is -4.17. The molecule has 0 aliphatic rings. The number of pyridine rings is 1. The number of nitrogens with zero attached hydrogens (tertiary/aromatic N) is 1. The Hall–Kier alpha value is -4.69. The van der Waals surface area contributed by atoms with Crippen LogP contribution in [-0.4, -0.2) is 70.3 Å². The van der Waals surface area contributed by atoms with Crippen molar-refractivity contribution in [3.8, 4) is 17.4 Å². The summed E-state index contributed by atoms with van der Waals surface area (Å²) in [5.41, 5.74) is 1.66. The second-order valence-electron chi connectivity index (χ2n) is 8.79. The van der Waals surface area contributed by atoms with E-state index in [9.17, 15) is 22.8 Å². The molecule has 3 amide bonds. The van der Waals surface area contributed by atoms with Crippen LogP contribution in [0.3, 0.4) is 0 Å². The summed E-state index contributed by atoms with van der Waals surface area (Å²) in [5.74, 6) is 0.0589. The van der Waals surface area contributed by atoms with Crippen LogP contribution in [0.2, 0.25) is 0 Å². The Kier molecular flexibility index (Phi) is 11.6. The highest BCUT2D eigenvalue weighted by molar-refractivity contribution is 7.90. The van der Waals surface area contributed by atoms with Gasteiger partial charge in [-0.05, 0) is 54.3 Å². The number of aliphatic hydroxyl groups is 1. The van der Waals surface area contributed by atoms with Crippen molar-refractivity contribution in [3.05, 3.63) is 77.5 Å². The van der Waals surface area contributed by atoms with Gasteiger partial charge in [-0.1, -0.05) is 18.2 Å². The van der Waals surface area contributed by atoms with Crippen LogP contribution in [0.25, 0.3) is 0 Å². The lowest BCUT2D eigenvalue weighted by atomic mass is 10.1. The van der Waals surface area contributed by atoms with Crippen LogP contribution in [0, 0.1) is 0 Å². The van der Waals surface area contributed by atoms with Gasteiger partial charge in [0.15, 0.2) is 11.5 Å². The summed E-state index contributed by atoms with van der Waals surface area (Å²) in [7, 11) is -1.07. The Balaban J connectivity index is 1.45. The molecule has 1 aromatic heterocycles. The Morgan fingerprint density at radius 2 is 1.57 bits per heavy atom. The molecule has 0 aliphatic heterocycles. The van der Waals surface area contributed by atoms with E-state index >= 15 is 0 Å². The summed E-state index contributed by atoms with van der Waals surface area (Å²) in [6.45, 7) is 0.0986. The number of carbonyl (C=O) groups excluding carboxylic acids is 3. The Bertz CT molecular complexity index is 1480. The SMILES string of the molecule is COc1ccc(CCC(=O)NCCc2ccc(S(=O)(=O)NC(=O)c3ccc(OC(=O)NCCO)nc3)cc2)cc1OC. The van der Waals surface area contributed by atoms with Crippen molar-refractivity contribution < 1.29 is 42.1 Å². The van der Waals surface area contributed by atoms with Crippen LogP contribution < -0.4 is 29.6 Å². The molecule has 0 unspecified atom stereocenters. The van der Waals surface area contributed by atoms with Gasteiger partial charge in [0.25, 0.3) is 15.9 Å². The molecule has 0 aliphatic carbocycles. The molecule has 0 atom stereocenters. The van der Waals surface area contributed by atoms with Gasteiger partial charge in [-0.25, -0.2) is 22.9 Å². The van der Waals surface area contributed by atoms with E-state index in [2.05, 4.69) is 15.6 Å². The quantitative estimate of drug-likeness (QED) is 0.212. The molecular weight excluding hydrogens is 568 g/mol. The maximum Gasteiger partial charge on any atom is 0.414 e. The minimum Gasteiger partial charge on any atom is -0.493 e. The number of nitrogens with one attached hydrogen (secondary N) is 3. The van der Waals surface area contributed by atoms with E-state index in [0.29, 0.717) is 30.9 Å². The van der Waals surface area contributed by atoms with Crippen LogP contribution in [0.1, 0.15) is 27.9 Å². The van der Waals surface area contributed by atoms with Crippen molar-refractivity contribution in [1.29, 1.82) is 0 Å². The zero-order valence-corrected chi connectivity index (χ0v) is 23.9. The summed E-state index contributed by atoms with van der Waals surface area (Å²) in [4.78, 5) is 39.9. The number of methoxy groups -OCH3 is 2. The standard InChI is InChI=1S/C28H32N4O9S/c1-39-23-10-5-20(17-24(23)40-2)6-11-25(34)29-14-13-19-3-8-22(9-4-19)42(37,38)32-27(35)21-7-12-26(31-18-21)41-28(36)30-15-16-33/h3-5,7-10,12,17-18,33H,6,11,13-16H2,1-2H3,(H,29,34)(H,30,36)(H,32,35). The zero-order valence-electron chi connectivity index (χ0n) is 23.1. The predicted molar refractivity (Wildman–Crippen MR) is 151 cm³/mol. The monoisotopic (exact) mass is 600 g/mol. The van der Waals surface area contributed by atoms with Gasteiger partial charge in [0, 0.05) is 31.8 Å². The van der Waals surface area contributed by atoms with E-state index < -0.39 is 22.0 Å². The van der Waals surface area contributed by atoms with Crippen LogP contribution in [0.5, 0.6) is 17.4 Å². The topological polar surface area (TPSA) is 182 Å². The molecule has 3 rings (SSSR count). The number of ether oxygens (including phenoxy) is 3. The smallest absolute Gasteiger partial charge is 0.414 e. The fourth-order valence-corrected chi connectivity index (χ4v) is 4.64. The van der Waals surface area contributed by atoms with Crippen molar-refractivity contribution in [2.45, 2.75) is 24.2 Å². The number of sulfonamides is 1. The van der Waals surface area contributed by atoms with E-state index in [0.717, 1.165) is 17.3 Å². The molecule has 3 aromatic rings. The number of amides is 3. The second-order valence-corrected chi connectivity index (χ2v) is 10.5. The maximum absolute atomic E-state index is 12.7. The van der Waals surface area contributed by atoms with E-state index in [1.54, 1.807) is 32.4 Å². The first-order valence-corrected chi connectivity index (χ1v) is 14.3. The molecule has 0 saturated carbocycles. The second kappa shape index (κ2) is 15.3. The third-order valence-corrected chi connectivity index (χ3v) is 7.21. The lowest BCUT2D eigenvalue weighted by Crippen LogP contribution is -2.31. The molecule has 0 saturated heterocycles. The Labute approximate surface area is 243 Å².